The highest BCUT2D eigenvalue weighted by atomic mass is 16.2. The largest absolute Gasteiger partial charge is 0.374 e. The summed E-state index contributed by atoms with van der Waals surface area (Å²) in [6.45, 7) is 4.53. The Balaban J connectivity index is 1.31. The standard InChI is InChI=1S/C26H30N6O/c1-18-6-3-11-28-25(18)30-24-16-27-15-22(29-24)21-8-5-13-32(17-21)26(33)20-9-10-23-19(14-20)7-4-12-31(23)2/h3,6,9-11,14-16,21H,4-5,7-8,12-13,17H2,1-2H3,(H,28,29,30). The van der Waals surface area contributed by atoms with Crippen molar-refractivity contribution in [2.24, 2.45) is 0 Å². The zero-order chi connectivity index (χ0) is 22.8. The number of piperidine rings is 1. The number of anilines is 3. The average molecular weight is 443 g/mol. The van der Waals surface area contributed by atoms with E-state index in [-0.39, 0.29) is 11.8 Å². The number of rotatable bonds is 4. The van der Waals surface area contributed by atoms with E-state index in [9.17, 15) is 4.79 Å². The number of hydrogen-bond acceptors (Lipinski definition) is 6. The van der Waals surface area contributed by atoms with Gasteiger partial charge in [0.05, 0.1) is 11.9 Å². The van der Waals surface area contributed by atoms with E-state index in [1.807, 2.05) is 36.2 Å². The van der Waals surface area contributed by atoms with Gasteiger partial charge in [0.25, 0.3) is 5.91 Å². The number of benzene rings is 1. The molecule has 1 amide bonds. The van der Waals surface area contributed by atoms with Crippen molar-refractivity contribution in [3.8, 4) is 0 Å². The van der Waals surface area contributed by atoms with Crippen LogP contribution in [-0.4, -0.2) is 52.4 Å². The van der Waals surface area contributed by atoms with Crippen molar-refractivity contribution in [3.63, 3.8) is 0 Å². The van der Waals surface area contributed by atoms with Crippen LogP contribution in [0.5, 0.6) is 0 Å². The molecule has 1 fully saturated rings. The second-order valence-corrected chi connectivity index (χ2v) is 9.08. The molecule has 7 heteroatoms. The van der Waals surface area contributed by atoms with Crippen LogP contribution in [0, 0.1) is 6.92 Å². The molecule has 3 aromatic rings. The summed E-state index contributed by atoms with van der Waals surface area (Å²) in [5.74, 6) is 1.74. The number of nitrogens with zero attached hydrogens (tertiary/aromatic N) is 5. The molecule has 1 saturated heterocycles. The molecule has 1 N–H and O–H groups in total. The van der Waals surface area contributed by atoms with E-state index in [0.717, 1.165) is 61.4 Å². The van der Waals surface area contributed by atoms with Gasteiger partial charge in [-0.2, -0.15) is 0 Å². The first-order valence-electron chi connectivity index (χ1n) is 11.7. The number of carbonyl (C=O) groups excluding carboxylic acids is 1. The number of hydrogen-bond donors (Lipinski definition) is 1. The summed E-state index contributed by atoms with van der Waals surface area (Å²) in [6, 6.07) is 10.1. The van der Waals surface area contributed by atoms with Gasteiger partial charge in [-0.25, -0.2) is 9.97 Å². The van der Waals surface area contributed by atoms with E-state index in [1.165, 1.54) is 11.3 Å². The maximum Gasteiger partial charge on any atom is 0.253 e. The summed E-state index contributed by atoms with van der Waals surface area (Å²) < 4.78 is 0. The van der Waals surface area contributed by atoms with Crippen molar-refractivity contribution in [3.05, 3.63) is 71.3 Å². The van der Waals surface area contributed by atoms with Crippen LogP contribution < -0.4 is 10.2 Å². The number of aryl methyl sites for hydroxylation is 2. The van der Waals surface area contributed by atoms with Crippen molar-refractivity contribution in [1.29, 1.82) is 0 Å². The van der Waals surface area contributed by atoms with Crippen molar-refractivity contribution in [2.75, 3.05) is 36.9 Å². The minimum atomic E-state index is 0.113. The average Bonchev–Trinajstić information content (AvgIpc) is 2.85. The van der Waals surface area contributed by atoms with Gasteiger partial charge < -0.3 is 15.1 Å². The van der Waals surface area contributed by atoms with E-state index >= 15 is 0 Å². The molecule has 33 heavy (non-hydrogen) atoms. The molecule has 0 aliphatic carbocycles. The summed E-state index contributed by atoms with van der Waals surface area (Å²) in [5, 5.41) is 3.27. The molecule has 7 nitrogen and oxygen atoms in total. The zero-order valence-electron chi connectivity index (χ0n) is 19.3. The molecule has 170 valence electrons. The molecule has 2 aromatic heterocycles. The first-order chi connectivity index (χ1) is 16.1. The van der Waals surface area contributed by atoms with E-state index in [2.05, 4.69) is 39.4 Å². The Morgan fingerprint density at radius 2 is 2.06 bits per heavy atom. The Hall–Kier alpha value is -3.48. The summed E-state index contributed by atoms with van der Waals surface area (Å²) in [6.07, 6.45) is 9.43. The van der Waals surface area contributed by atoms with Gasteiger partial charge in [0.15, 0.2) is 0 Å². The molecule has 2 aliphatic heterocycles. The van der Waals surface area contributed by atoms with Gasteiger partial charge in [-0.05, 0) is 68.0 Å². The van der Waals surface area contributed by atoms with Gasteiger partial charge in [-0.3, -0.25) is 9.78 Å². The van der Waals surface area contributed by atoms with Crippen LogP contribution in [0.2, 0.25) is 0 Å². The quantitative estimate of drug-likeness (QED) is 0.648. The third kappa shape index (κ3) is 4.53. The molecule has 0 bridgehead atoms. The molecule has 1 atom stereocenters. The van der Waals surface area contributed by atoms with Gasteiger partial charge in [0.1, 0.15) is 11.6 Å². The predicted molar refractivity (Wildman–Crippen MR) is 130 cm³/mol. The monoisotopic (exact) mass is 442 g/mol. The summed E-state index contributed by atoms with van der Waals surface area (Å²) >= 11 is 0. The molecular weight excluding hydrogens is 412 g/mol. The highest BCUT2D eigenvalue weighted by Gasteiger charge is 2.27. The van der Waals surface area contributed by atoms with Crippen LogP contribution in [0.25, 0.3) is 0 Å². The maximum absolute atomic E-state index is 13.3. The molecule has 5 rings (SSSR count). The Morgan fingerprint density at radius 3 is 2.94 bits per heavy atom. The smallest absolute Gasteiger partial charge is 0.253 e. The second-order valence-electron chi connectivity index (χ2n) is 9.08. The number of amides is 1. The number of aromatic nitrogens is 3. The lowest BCUT2D eigenvalue weighted by Crippen LogP contribution is -2.39. The van der Waals surface area contributed by atoms with E-state index < -0.39 is 0 Å². The number of nitrogens with one attached hydrogen (secondary N) is 1. The minimum absolute atomic E-state index is 0.113. The fourth-order valence-electron chi connectivity index (χ4n) is 4.88. The third-order valence-corrected chi connectivity index (χ3v) is 6.71. The third-order valence-electron chi connectivity index (χ3n) is 6.71. The van der Waals surface area contributed by atoms with Gasteiger partial charge in [-0.15, -0.1) is 0 Å². The van der Waals surface area contributed by atoms with Gasteiger partial charge >= 0.3 is 0 Å². The fraction of sp³-hybridized carbons (Fsp3) is 0.385. The van der Waals surface area contributed by atoms with Crippen molar-refractivity contribution in [2.45, 2.75) is 38.5 Å². The van der Waals surface area contributed by atoms with E-state index in [4.69, 9.17) is 4.98 Å². The van der Waals surface area contributed by atoms with Crippen LogP contribution in [0.1, 0.15) is 52.4 Å². The Labute approximate surface area is 194 Å². The number of pyridine rings is 1. The normalized spacial score (nSPS) is 18.1. The SMILES string of the molecule is Cc1cccnc1Nc1cncc(C2CCCN(C(=O)c3ccc4c(c3)CCCN4C)C2)n1. The maximum atomic E-state index is 13.3. The van der Waals surface area contributed by atoms with Gasteiger partial charge in [0, 0.05) is 56.2 Å². The number of likely N-dealkylation sites (tertiary alicyclic amines) is 1. The lowest BCUT2D eigenvalue weighted by atomic mass is 9.94. The molecule has 0 saturated carbocycles. The van der Waals surface area contributed by atoms with E-state index in [1.54, 1.807) is 12.4 Å². The van der Waals surface area contributed by atoms with E-state index in [0.29, 0.717) is 12.4 Å². The van der Waals surface area contributed by atoms with Gasteiger partial charge in [-0.1, -0.05) is 6.07 Å². The van der Waals surface area contributed by atoms with Crippen LogP contribution in [0.15, 0.2) is 48.9 Å². The van der Waals surface area contributed by atoms with Crippen LogP contribution in [0.4, 0.5) is 17.3 Å². The number of fused-ring (bicyclic) bond motifs is 1. The predicted octanol–water partition coefficient (Wildman–Crippen LogP) is 4.33. The second kappa shape index (κ2) is 9.17. The molecular formula is C26H30N6O. The molecule has 1 unspecified atom stereocenters. The summed E-state index contributed by atoms with van der Waals surface area (Å²) in [5.41, 5.74) is 5.28. The van der Waals surface area contributed by atoms with Crippen molar-refractivity contribution in [1.82, 2.24) is 19.9 Å². The van der Waals surface area contributed by atoms with Gasteiger partial charge in [0.2, 0.25) is 0 Å². The lowest BCUT2D eigenvalue weighted by molar-refractivity contribution is 0.0705. The van der Waals surface area contributed by atoms with Crippen LogP contribution in [-0.2, 0) is 6.42 Å². The first-order valence-corrected chi connectivity index (χ1v) is 11.7. The first kappa shape index (κ1) is 21.4. The minimum Gasteiger partial charge on any atom is -0.374 e. The van der Waals surface area contributed by atoms with Crippen molar-refractivity contribution < 1.29 is 4.79 Å². The summed E-state index contributed by atoms with van der Waals surface area (Å²) in [7, 11) is 2.12. The highest BCUT2D eigenvalue weighted by molar-refractivity contribution is 5.95. The Morgan fingerprint density at radius 1 is 1.15 bits per heavy atom. The zero-order valence-corrected chi connectivity index (χ0v) is 19.3. The molecule has 0 radical (unpaired) electrons. The highest BCUT2D eigenvalue weighted by Crippen LogP contribution is 2.30. The number of carbonyl (C=O) groups is 1. The molecule has 0 spiro atoms. The lowest BCUT2D eigenvalue weighted by Gasteiger charge is -2.33. The molecule has 1 aromatic carbocycles. The fourth-order valence-corrected chi connectivity index (χ4v) is 4.88. The molecule has 2 aliphatic rings. The Bertz CT molecular complexity index is 1160. The van der Waals surface area contributed by atoms with Crippen molar-refractivity contribution >= 4 is 23.2 Å². The van der Waals surface area contributed by atoms with Crippen LogP contribution >= 0.6 is 0 Å². The van der Waals surface area contributed by atoms with Crippen LogP contribution in [0.3, 0.4) is 0 Å². The summed E-state index contributed by atoms with van der Waals surface area (Å²) in [4.78, 5) is 31.2. The molecule has 4 heterocycles. The Kier molecular flexibility index (Phi) is 5.94. The topological polar surface area (TPSA) is 74.2 Å².